The van der Waals surface area contributed by atoms with Gasteiger partial charge in [0, 0.05) is 19.6 Å². The Balaban J connectivity index is 1.65. The van der Waals surface area contributed by atoms with Gasteiger partial charge in [0.05, 0.1) is 6.54 Å². The Labute approximate surface area is 108 Å². The van der Waals surface area contributed by atoms with Gasteiger partial charge in [-0.2, -0.15) is 0 Å². The predicted octanol–water partition coefficient (Wildman–Crippen LogP) is -0.229. The van der Waals surface area contributed by atoms with Crippen molar-refractivity contribution in [1.82, 2.24) is 14.7 Å². The number of piperazine rings is 1. The second kappa shape index (κ2) is 4.53. The summed E-state index contributed by atoms with van der Waals surface area (Å²) in [5, 5.41) is 0. The van der Waals surface area contributed by atoms with Crippen LogP contribution < -0.4 is 0 Å². The number of fused-ring (bicyclic) bond motifs is 1. The Morgan fingerprint density at radius 3 is 2.78 bits per heavy atom. The van der Waals surface area contributed by atoms with Crippen LogP contribution in [0.1, 0.15) is 19.3 Å². The molecule has 2 atom stereocenters. The van der Waals surface area contributed by atoms with Gasteiger partial charge in [0.15, 0.2) is 0 Å². The molecule has 0 aromatic heterocycles. The van der Waals surface area contributed by atoms with Crippen LogP contribution in [-0.2, 0) is 9.59 Å². The highest BCUT2D eigenvalue weighted by Gasteiger charge is 2.42. The molecule has 3 saturated heterocycles. The largest absolute Gasteiger partial charge is 0.331 e. The molecule has 3 aliphatic heterocycles. The summed E-state index contributed by atoms with van der Waals surface area (Å²) >= 11 is 0. The summed E-state index contributed by atoms with van der Waals surface area (Å²) in [7, 11) is 2.11. The van der Waals surface area contributed by atoms with Crippen LogP contribution >= 0.6 is 0 Å². The molecule has 2 unspecified atom stereocenters. The highest BCUT2D eigenvalue weighted by atomic mass is 16.2. The summed E-state index contributed by atoms with van der Waals surface area (Å²) in [6.07, 6.45) is 2.97. The fourth-order valence-corrected chi connectivity index (χ4v) is 3.51. The number of carbonyl (C=O) groups excluding carboxylic acids is 2. The lowest BCUT2D eigenvalue weighted by Crippen LogP contribution is -2.58. The fraction of sp³-hybridized carbons (Fsp3) is 0.846. The number of hydrogen-bond acceptors (Lipinski definition) is 3. The van der Waals surface area contributed by atoms with Crippen molar-refractivity contribution in [3.05, 3.63) is 0 Å². The maximum absolute atomic E-state index is 12.3. The minimum Gasteiger partial charge on any atom is -0.331 e. The first-order valence-electron chi connectivity index (χ1n) is 6.92. The molecular formula is C13H21N3O2. The minimum absolute atomic E-state index is 0.142. The van der Waals surface area contributed by atoms with Crippen LogP contribution in [0.25, 0.3) is 0 Å². The van der Waals surface area contributed by atoms with Crippen molar-refractivity contribution in [2.24, 2.45) is 5.92 Å². The van der Waals surface area contributed by atoms with E-state index in [1.54, 1.807) is 9.80 Å². The molecule has 0 spiro atoms. The van der Waals surface area contributed by atoms with Crippen molar-refractivity contribution in [2.45, 2.75) is 25.3 Å². The molecule has 100 valence electrons. The molecule has 0 saturated carbocycles. The first-order valence-corrected chi connectivity index (χ1v) is 6.92. The van der Waals surface area contributed by atoms with Gasteiger partial charge in [-0.05, 0) is 38.8 Å². The number of amides is 2. The van der Waals surface area contributed by atoms with E-state index in [4.69, 9.17) is 0 Å². The smallest absolute Gasteiger partial charge is 0.245 e. The molecule has 3 fully saturated rings. The molecule has 3 heterocycles. The van der Waals surface area contributed by atoms with Crippen LogP contribution in [0.2, 0.25) is 0 Å². The van der Waals surface area contributed by atoms with Crippen molar-refractivity contribution in [2.75, 3.05) is 39.8 Å². The molecule has 3 aliphatic rings. The highest BCUT2D eigenvalue weighted by Crippen LogP contribution is 2.25. The van der Waals surface area contributed by atoms with E-state index < -0.39 is 0 Å². The standard InChI is InChI=1S/C13H21N3O2/c1-14-6-4-10(7-14)8-15-9-12(17)16-5-2-3-11(16)13(15)18/h10-11H,2-9H2,1H3. The summed E-state index contributed by atoms with van der Waals surface area (Å²) in [4.78, 5) is 30.2. The second-order valence-corrected chi connectivity index (χ2v) is 5.88. The van der Waals surface area contributed by atoms with Gasteiger partial charge >= 0.3 is 0 Å². The summed E-state index contributed by atoms with van der Waals surface area (Å²) in [5.74, 6) is 0.866. The van der Waals surface area contributed by atoms with Crippen LogP contribution in [0, 0.1) is 5.92 Å². The van der Waals surface area contributed by atoms with Crippen LogP contribution in [0.5, 0.6) is 0 Å². The Morgan fingerprint density at radius 1 is 1.22 bits per heavy atom. The van der Waals surface area contributed by atoms with E-state index >= 15 is 0 Å². The van der Waals surface area contributed by atoms with Crippen LogP contribution in [0.4, 0.5) is 0 Å². The molecule has 0 aliphatic carbocycles. The Kier molecular flexibility index (Phi) is 3.01. The van der Waals surface area contributed by atoms with E-state index in [9.17, 15) is 9.59 Å². The predicted molar refractivity (Wildman–Crippen MR) is 66.9 cm³/mol. The molecule has 18 heavy (non-hydrogen) atoms. The van der Waals surface area contributed by atoms with Crippen molar-refractivity contribution in [3.63, 3.8) is 0 Å². The lowest BCUT2D eigenvalue weighted by molar-refractivity contribution is -0.154. The van der Waals surface area contributed by atoms with E-state index in [2.05, 4.69) is 11.9 Å². The number of likely N-dealkylation sites (tertiary alicyclic amines) is 1. The Bertz CT molecular complexity index is 371. The normalized spacial score (nSPS) is 33.4. The van der Waals surface area contributed by atoms with E-state index in [0.29, 0.717) is 12.5 Å². The van der Waals surface area contributed by atoms with Gasteiger partial charge in [0.25, 0.3) is 0 Å². The van der Waals surface area contributed by atoms with Gasteiger partial charge in [-0.15, -0.1) is 0 Å². The number of nitrogens with zero attached hydrogens (tertiary/aromatic N) is 3. The number of carbonyl (C=O) groups is 2. The summed E-state index contributed by atoms with van der Waals surface area (Å²) in [6, 6.07) is -0.148. The second-order valence-electron chi connectivity index (χ2n) is 5.88. The van der Waals surface area contributed by atoms with Crippen molar-refractivity contribution in [3.8, 4) is 0 Å². The maximum Gasteiger partial charge on any atom is 0.245 e. The Morgan fingerprint density at radius 2 is 2.06 bits per heavy atom. The van der Waals surface area contributed by atoms with Gasteiger partial charge in [-0.25, -0.2) is 0 Å². The maximum atomic E-state index is 12.3. The summed E-state index contributed by atoms with van der Waals surface area (Å²) in [6.45, 7) is 3.99. The zero-order valence-corrected chi connectivity index (χ0v) is 11.0. The fourth-order valence-electron chi connectivity index (χ4n) is 3.51. The minimum atomic E-state index is -0.148. The number of hydrogen-bond donors (Lipinski definition) is 0. The van der Waals surface area contributed by atoms with Crippen molar-refractivity contribution >= 4 is 11.8 Å². The molecule has 0 radical (unpaired) electrons. The van der Waals surface area contributed by atoms with Crippen molar-refractivity contribution < 1.29 is 9.59 Å². The molecule has 5 heteroatoms. The van der Waals surface area contributed by atoms with Crippen LogP contribution in [0.15, 0.2) is 0 Å². The molecule has 0 bridgehead atoms. The third-order valence-electron chi connectivity index (χ3n) is 4.46. The first-order chi connectivity index (χ1) is 8.65. The number of rotatable bonds is 2. The quantitative estimate of drug-likeness (QED) is 0.681. The van der Waals surface area contributed by atoms with Gasteiger partial charge in [-0.1, -0.05) is 0 Å². The molecular weight excluding hydrogens is 230 g/mol. The third-order valence-corrected chi connectivity index (χ3v) is 4.46. The van der Waals surface area contributed by atoms with Gasteiger partial charge in [0.2, 0.25) is 11.8 Å². The van der Waals surface area contributed by atoms with E-state index in [0.717, 1.165) is 45.4 Å². The van der Waals surface area contributed by atoms with E-state index in [-0.39, 0.29) is 17.9 Å². The summed E-state index contributed by atoms with van der Waals surface area (Å²) < 4.78 is 0. The SMILES string of the molecule is CN1CCC(CN2CC(=O)N3CCCC3C2=O)C1. The topological polar surface area (TPSA) is 43.9 Å². The lowest BCUT2D eigenvalue weighted by atomic mass is 10.1. The van der Waals surface area contributed by atoms with Crippen molar-refractivity contribution in [1.29, 1.82) is 0 Å². The van der Waals surface area contributed by atoms with Gasteiger partial charge < -0.3 is 14.7 Å². The molecule has 2 amide bonds. The van der Waals surface area contributed by atoms with Gasteiger partial charge in [0.1, 0.15) is 6.04 Å². The average Bonchev–Trinajstić information content (AvgIpc) is 2.95. The molecule has 5 nitrogen and oxygen atoms in total. The van der Waals surface area contributed by atoms with E-state index in [1.165, 1.54) is 0 Å². The zero-order chi connectivity index (χ0) is 12.7. The molecule has 3 rings (SSSR count). The molecule has 0 N–H and O–H groups in total. The van der Waals surface area contributed by atoms with Gasteiger partial charge in [-0.3, -0.25) is 9.59 Å². The Hall–Kier alpha value is -1.10. The third kappa shape index (κ3) is 2.00. The van der Waals surface area contributed by atoms with Crippen LogP contribution in [0.3, 0.4) is 0 Å². The summed E-state index contributed by atoms with van der Waals surface area (Å²) in [5.41, 5.74) is 0. The highest BCUT2D eigenvalue weighted by molar-refractivity contribution is 5.95. The zero-order valence-electron chi connectivity index (χ0n) is 11.0. The molecule has 0 aromatic carbocycles. The lowest BCUT2D eigenvalue weighted by Gasteiger charge is -2.37. The monoisotopic (exact) mass is 251 g/mol. The molecule has 0 aromatic rings. The van der Waals surface area contributed by atoms with Crippen LogP contribution in [-0.4, -0.2) is 72.3 Å². The van der Waals surface area contributed by atoms with E-state index in [1.807, 2.05) is 0 Å². The average molecular weight is 251 g/mol. The first kappa shape index (κ1) is 12.0.